The van der Waals surface area contributed by atoms with Crippen LogP contribution in [0.1, 0.15) is 48.9 Å². The molecule has 1 heterocycles. The third kappa shape index (κ3) is 5.03. The number of rotatable bonds is 6. The fourth-order valence-corrected chi connectivity index (χ4v) is 3.53. The molecule has 3 N–H and O–H groups in total. The number of amides is 1. The van der Waals surface area contributed by atoms with E-state index in [0.717, 1.165) is 27.6 Å². The maximum Gasteiger partial charge on any atom is 0.237 e. The van der Waals surface area contributed by atoms with Crippen LogP contribution in [0.4, 0.5) is 0 Å². The number of halogens is 1. The van der Waals surface area contributed by atoms with Gasteiger partial charge in [-0.05, 0) is 27.2 Å². The molecule has 0 fully saturated rings. The van der Waals surface area contributed by atoms with E-state index in [-0.39, 0.29) is 24.4 Å². The number of aromatic nitrogens is 1. The molecule has 1 aromatic heterocycles. The summed E-state index contributed by atoms with van der Waals surface area (Å²) in [6.45, 7) is 8.06. The van der Waals surface area contributed by atoms with Crippen molar-refractivity contribution in [3.05, 3.63) is 40.4 Å². The number of hydrogen-bond acceptors (Lipinski definition) is 4. The van der Waals surface area contributed by atoms with Gasteiger partial charge in [0, 0.05) is 5.56 Å². The van der Waals surface area contributed by atoms with Crippen molar-refractivity contribution in [1.29, 1.82) is 0 Å². The Labute approximate surface area is 154 Å². The summed E-state index contributed by atoms with van der Waals surface area (Å²) < 4.78 is 0. The number of carbonyl (C=O) groups is 1. The molecule has 6 heteroatoms. The summed E-state index contributed by atoms with van der Waals surface area (Å²) >= 11 is 1.63. The molecule has 0 aliphatic heterocycles. The van der Waals surface area contributed by atoms with Crippen LogP contribution >= 0.6 is 23.7 Å². The van der Waals surface area contributed by atoms with Gasteiger partial charge < -0.3 is 11.1 Å². The van der Waals surface area contributed by atoms with Gasteiger partial charge in [0.05, 0.1) is 22.7 Å². The van der Waals surface area contributed by atoms with Gasteiger partial charge in [-0.15, -0.1) is 23.7 Å². The van der Waals surface area contributed by atoms with Gasteiger partial charge in [0.25, 0.3) is 0 Å². The molecule has 2 rings (SSSR count). The van der Waals surface area contributed by atoms with Crippen LogP contribution < -0.4 is 11.1 Å². The molecule has 2 atom stereocenters. The summed E-state index contributed by atoms with van der Waals surface area (Å²) in [5, 5.41) is 3.98. The molecular formula is C18H26ClN3OS. The largest absolute Gasteiger partial charge is 0.347 e. The predicted octanol–water partition coefficient (Wildman–Crippen LogP) is 4.15. The lowest BCUT2D eigenvalue weighted by atomic mass is 10.1. The first-order chi connectivity index (χ1) is 10.9. The summed E-state index contributed by atoms with van der Waals surface area (Å²) in [5.41, 5.74) is 9.18. The standard InChI is InChI=1S/C18H25N3OS.ClH/c1-5-6-15(19)17(22)20-12(3)16-13(4)21-18(23-16)14-9-7-11(2)8-10-14;/h7-10,12,15H,5-6,19H2,1-4H3,(H,20,22);1H. The van der Waals surface area contributed by atoms with E-state index < -0.39 is 6.04 Å². The number of carbonyl (C=O) groups excluding carboxylic acids is 1. The first kappa shape index (κ1) is 20.6. The minimum Gasteiger partial charge on any atom is -0.347 e. The van der Waals surface area contributed by atoms with E-state index >= 15 is 0 Å². The average molecular weight is 368 g/mol. The summed E-state index contributed by atoms with van der Waals surface area (Å²) in [6, 6.07) is 7.81. The van der Waals surface area contributed by atoms with Crippen molar-refractivity contribution in [2.24, 2.45) is 5.73 Å². The van der Waals surface area contributed by atoms with Crippen molar-refractivity contribution in [2.45, 2.75) is 52.6 Å². The van der Waals surface area contributed by atoms with Crippen LogP contribution in [0.3, 0.4) is 0 Å². The Balaban J connectivity index is 0.00000288. The highest BCUT2D eigenvalue weighted by Gasteiger charge is 2.20. The van der Waals surface area contributed by atoms with Gasteiger partial charge in [0.1, 0.15) is 5.01 Å². The number of thiazole rings is 1. The normalized spacial score (nSPS) is 13.0. The molecule has 4 nitrogen and oxygen atoms in total. The molecule has 2 unspecified atom stereocenters. The molecular weight excluding hydrogens is 342 g/mol. The van der Waals surface area contributed by atoms with Crippen LogP contribution in [-0.2, 0) is 4.79 Å². The summed E-state index contributed by atoms with van der Waals surface area (Å²) in [4.78, 5) is 17.8. The predicted molar refractivity (Wildman–Crippen MR) is 104 cm³/mol. The molecule has 1 amide bonds. The number of nitrogens with zero attached hydrogens (tertiary/aromatic N) is 1. The van der Waals surface area contributed by atoms with Crippen molar-refractivity contribution >= 4 is 29.7 Å². The lowest BCUT2D eigenvalue weighted by Gasteiger charge is -2.16. The second-order valence-corrected chi connectivity index (χ2v) is 6.99. The van der Waals surface area contributed by atoms with Gasteiger partial charge in [0.15, 0.2) is 0 Å². The summed E-state index contributed by atoms with van der Waals surface area (Å²) in [6.07, 6.45) is 1.61. The van der Waals surface area contributed by atoms with E-state index in [9.17, 15) is 4.79 Å². The second-order valence-electron chi connectivity index (χ2n) is 5.96. The van der Waals surface area contributed by atoms with Crippen molar-refractivity contribution in [3.8, 4) is 10.6 Å². The second kappa shape index (κ2) is 9.16. The summed E-state index contributed by atoms with van der Waals surface area (Å²) in [5.74, 6) is -0.0935. The number of benzene rings is 1. The molecule has 0 spiro atoms. The highest BCUT2D eigenvalue weighted by Crippen LogP contribution is 2.31. The molecule has 24 heavy (non-hydrogen) atoms. The van der Waals surface area contributed by atoms with Crippen molar-refractivity contribution in [2.75, 3.05) is 0 Å². The molecule has 132 valence electrons. The number of aryl methyl sites for hydroxylation is 2. The quantitative estimate of drug-likeness (QED) is 0.805. The molecule has 0 saturated carbocycles. The topological polar surface area (TPSA) is 68.0 Å². The highest BCUT2D eigenvalue weighted by molar-refractivity contribution is 7.15. The Morgan fingerprint density at radius 3 is 2.50 bits per heavy atom. The van der Waals surface area contributed by atoms with Crippen LogP contribution in [0.15, 0.2) is 24.3 Å². The zero-order valence-electron chi connectivity index (χ0n) is 14.6. The zero-order chi connectivity index (χ0) is 17.0. The monoisotopic (exact) mass is 367 g/mol. The van der Waals surface area contributed by atoms with Gasteiger partial charge in [-0.3, -0.25) is 4.79 Å². The van der Waals surface area contributed by atoms with E-state index in [1.54, 1.807) is 11.3 Å². The van der Waals surface area contributed by atoms with E-state index in [1.165, 1.54) is 5.56 Å². The van der Waals surface area contributed by atoms with Crippen LogP contribution in [0.2, 0.25) is 0 Å². The van der Waals surface area contributed by atoms with Crippen molar-refractivity contribution in [3.63, 3.8) is 0 Å². The van der Waals surface area contributed by atoms with E-state index in [0.29, 0.717) is 6.42 Å². The maximum atomic E-state index is 12.1. The highest BCUT2D eigenvalue weighted by atomic mass is 35.5. The Morgan fingerprint density at radius 2 is 1.92 bits per heavy atom. The molecule has 0 aliphatic carbocycles. The van der Waals surface area contributed by atoms with Gasteiger partial charge in [-0.2, -0.15) is 0 Å². The van der Waals surface area contributed by atoms with Crippen molar-refractivity contribution in [1.82, 2.24) is 10.3 Å². The van der Waals surface area contributed by atoms with Crippen LogP contribution in [0, 0.1) is 13.8 Å². The maximum absolute atomic E-state index is 12.1. The molecule has 2 aromatic rings. The third-order valence-corrected chi connectivity index (χ3v) is 5.21. The van der Waals surface area contributed by atoms with Crippen LogP contribution in [-0.4, -0.2) is 16.9 Å². The lowest BCUT2D eigenvalue weighted by Crippen LogP contribution is -2.41. The number of nitrogens with two attached hydrogens (primary N) is 1. The van der Waals surface area contributed by atoms with E-state index in [4.69, 9.17) is 5.73 Å². The Kier molecular flexibility index (Phi) is 7.87. The Hall–Kier alpha value is -1.43. The smallest absolute Gasteiger partial charge is 0.237 e. The average Bonchev–Trinajstić information content (AvgIpc) is 2.90. The SMILES string of the molecule is CCCC(N)C(=O)NC(C)c1sc(-c2ccc(C)cc2)nc1C.Cl. The van der Waals surface area contributed by atoms with Crippen LogP contribution in [0.5, 0.6) is 0 Å². The number of nitrogens with one attached hydrogen (secondary N) is 1. The minimum absolute atomic E-state index is 0. The molecule has 0 saturated heterocycles. The van der Waals surface area contributed by atoms with E-state index in [1.807, 2.05) is 20.8 Å². The van der Waals surface area contributed by atoms with Crippen molar-refractivity contribution < 1.29 is 4.79 Å². The lowest BCUT2D eigenvalue weighted by molar-refractivity contribution is -0.123. The minimum atomic E-state index is -0.438. The molecule has 0 aliphatic rings. The van der Waals surface area contributed by atoms with Crippen LogP contribution in [0.25, 0.3) is 10.6 Å². The van der Waals surface area contributed by atoms with Gasteiger partial charge >= 0.3 is 0 Å². The molecule has 0 bridgehead atoms. The van der Waals surface area contributed by atoms with E-state index in [2.05, 4.69) is 41.5 Å². The first-order valence-corrected chi connectivity index (χ1v) is 8.84. The fourth-order valence-electron chi connectivity index (χ4n) is 2.46. The van der Waals surface area contributed by atoms with Gasteiger partial charge in [-0.1, -0.05) is 43.2 Å². The first-order valence-electron chi connectivity index (χ1n) is 8.02. The number of hydrogen-bond donors (Lipinski definition) is 2. The fraction of sp³-hybridized carbons (Fsp3) is 0.444. The van der Waals surface area contributed by atoms with Gasteiger partial charge in [-0.25, -0.2) is 4.98 Å². The Morgan fingerprint density at radius 1 is 1.29 bits per heavy atom. The molecule has 1 aromatic carbocycles. The van der Waals surface area contributed by atoms with Gasteiger partial charge in [0.2, 0.25) is 5.91 Å². The molecule has 0 radical (unpaired) electrons. The third-order valence-electron chi connectivity index (χ3n) is 3.82. The Bertz CT molecular complexity index is 669. The summed E-state index contributed by atoms with van der Waals surface area (Å²) in [7, 11) is 0. The zero-order valence-corrected chi connectivity index (χ0v) is 16.3.